The maximum absolute atomic E-state index is 13.3. The number of rotatable bonds is 5. The molecule has 2 aromatic carbocycles. The van der Waals surface area contributed by atoms with Crippen molar-refractivity contribution in [1.29, 1.82) is 0 Å². The molecule has 0 spiro atoms. The van der Waals surface area contributed by atoms with Crippen LogP contribution in [-0.2, 0) is 0 Å². The standard InChI is InChI=1S/C24H29N5O/c1-18(2)28-16-14-20(15-17-28)27(3)24(30)22-25-23(19-10-6-4-7-11-19)29(26-22)21-12-8-5-9-13-21/h4-13,18,20H,14-17H2,1-3H3. The van der Waals surface area contributed by atoms with Gasteiger partial charge in [0.1, 0.15) is 0 Å². The molecule has 0 unspecified atom stereocenters. The molecule has 1 aliphatic heterocycles. The van der Waals surface area contributed by atoms with Gasteiger partial charge in [0.05, 0.1) is 5.69 Å². The second-order valence-electron chi connectivity index (χ2n) is 8.15. The molecule has 0 atom stereocenters. The number of aromatic nitrogens is 3. The van der Waals surface area contributed by atoms with E-state index in [2.05, 4.69) is 28.8 Å². The van der Waals surface area contributed by atoms with E-state index in [0.717, 1.165) is 37.2 Å². The van der Waals surface area contributed by atoms with Gasteiger partial charge in [0.25, 0.3) is 5.91 Å². The Labute approximate surface area is 178 Å². The first-order valence-corrected chi connectivity index (χ1v) is 10.6. The fourth-order valence-electron chi connectivity index (χ4n) is 4.04. The van der Waals surface area contributed by atoms with Crippen molar-refractivity contribution < 1.29 is 4.79 Å². The minimum absolute atomic E-state index is 0.121. The summed E-state index contributed by atoms with van der Waals surface area (Å²) in [6, 6.07) is 20.5. The molecule has 1 fully saturated rings. The second-order valence-corrected chi connectivity index (χ2v) is 8.15. The lowest BCUT2D eigenvalue weighted by Gasteiger charge is -2.38. The second kappa shape index (κ2) is 8.79. The van der Waals surface area contributed by atoms with E-state index >= 15 is 0 Å². The number of benzene rings is 2. The van der Waals surface area contributed by atoms with Crippen molar-refractivity contribution in [2.24, 2.45) is 0 Å². The highest BCUT2D eigenvalue weighted by Gasteiger charge is 2.29. The molecule has 0 saturated carbocycles. The number of hydrogen-bond donors (Lipinski definition) is 0. The topological polar surface area (TPSA) is 54.3 Å². The van der Waals surface area contributed by atoms with E-state index in [9.17, 15) is 4.79 Å². The zero-order valence-corrected chi connectivity index (χ0v) is 17.9. The van der Waals surface area contributed by atoms with Crippen LogP contribution in [0.2, 0.25) is 0 Å². The van der Waals surface area contributed by atoms with Crippen LogP contribution < -0.4 is 0 Å². The van der Waals surface area contributed by atoms with E-state index in [1.807, 2.05) is 72.6 Å². The fraction of sp³-hybridized carbons (Fsp3) is 0.375. The number of likely N-dealkylation sites (tertiary alicyclic amines) is 1. The molecule has 1 aliphatic rings. The molecule has 0 aliphatic carbocycles. The Hall–Kier alpha value is -2.99. The van der Waals surface area contributed by atoms with Gasteiger partial charge < -0.3 is 9.80 Å². The predicted octanol–water partition coefficient (Wildman–Crippen LogP) is 3.88. The maximum atomic E-state index is 13.3. The van der Waals surface area contributed by atoms with Gasteiger partial charge in [-0.3, -0.25) is 4.79 Å². The Balaban J connectivity index is 1.61. The normalized spacial score (nSPS) is 15.5. The summed E-state index contributed by atoms with van der Waals surface area (Å²) >= 11 is 0. The van der Waals surface area contributed by atoms with E-state index in [4.69, 9.17) is 0 Å². The Morgan fingerprint density at radius 1 is 1.00 bits per heavy atom. The van der Waals surface area contributed by atoms with Crippen LogP contribution >= 0.6 is 0 Å². The van der Waals surface area contributed by atoms with Gasteiger partial charge in [-0.2, -0.15) is 0 Å². The molecule has 156 valence electrons. The van der Waals surface area contributed by atoms with Gasteiger partial charge in [0, 0.05) is 37.8 Å². The van der Waals surface area contributed by atoms with Gasteiger partial charge in [0.2, 0.25) is 5.82 Å². The Bertz CT molecular complexity index is 918. The lowest BCUT2D eigenvalue weighted by molar-refractivity contribution is 0.0604. The quantitative estimate of drug-likeness (QED) is 0.649. The molecule has 1 amide bonds. The summed E-state index contributed by atoms with van der Waals surface area (Å²) in [5, 5.41) is 4.62. The van der Waals surface area contributed by atoms with Crippen LogP contribution in [0.1, 0.15) is 37.3 Å². The minimum atomic E-state index is -0.121. The highest BCUT2D eigenvalue weighted by atomic mass is 16.2. The van der Waals surface area contributed by atoms with Crippen LogP contribution in [0.4, 0.5) is 0 Å². The summed E-state index contributed by atoms with van der Waals surface area (Å²) in [6.45, 7) is 6.48. The molecule has 1 aromatic heterocycles. The lowest BCUT2D eigenvalue weighted by Crippen LogP contribution is -2.47. The molecule has 6 nitrogen and oxygen atoms in total. The number of hydrogen-bond acceptors (Lipinski definition) is 4. The van der Waals surface area contributed by atoms with Gasteiger partial charge in [0.15, 0.2) is 5.82 Å². The zero-order valence-electron chi connectivity index (χ0n) is 17.9. The SMILES string of the molecule is CC(C)N1CCC(N(C)C(=O)c2nc(-c3ccccc3)n(-c3ccccc3)n2)CC1. The molecule has 0 bridgehead atoms. The number of para-hydroxylation sites is 1. The lowest BCUT2D eigenvalue weighted by atomic mass is 10.0. The Kier molecular flexibility index (Phi) is 5.95. The number of amides is 1. The monoisotopic (exact) mass is 403 g/mol. The third-order valence-corrected chi connectivity index (χ3v) is 5.93. The smallest absolute Gasteiger partial charge is 0.293 e. The number of piperidine rings is 1. The molecule has 3 aromatic rings. The van der Waals surface area contributed by atoms with Crippen molar-refractivity contribution in [2.75, 3.05) is 20.1 Å². The molecule has 0 N–H and O–H groups in total. The molecule has 2 heterocycles. The van der Waals surface area contributed by atoms with Gasteiger partial charge in [-0.05, 0) is 38.8 Å². The molecule has 0 radical (unpaired) electrons. The van der Waals surface area contributed by atoms with Crippen LogP contribution in [0, 0.1) is 0 Å². The van der Waals surface area contributed by atoms with Crippen molar-refractivity contribution in [3.8, 4) is 17.1 Å². The van der Waals surface area contributed by atoms with Crippen molar-refractivity contribution in [1.82, 2.24) is 24.6 Å². The first-order chi connectivity index (χ1) is 14.5. The van der Waals surface area contributed by atoms with Crippen LogP contribution in [0.15, 0.2) is 60.7 Å². The van der Waals surface area contributed by atoms with Crippen LogP contribution in [0.25, 0.3) is 17.1 Å². The maximum Gasteiger partial charge on any atom is 0.293 e. The van der Waals surface area contributed by atoms with Crippen LogP contribution in [-0.4, -0.2) is 62.7 Å². The van der Waals surface area contributed by atoms with E-state index in [1.54, 1.807) is 4.68 Å². The summed E-state index contributed by atoms with van der Waals surface area (Å²) < 4.78 is 1.76. The molecular weight excluding hydrogens is 374 g/mol. The number of carbonyl (C=O) groups excluding carboxylic acids is 1. The predicted molar refractivity (Wildman–Crippen MR) is 119 cm³/mol. The summed E-state index contributed by atoms with van der Waals surface area (Å²) in [7, 11) is 1.88. The first kappa shape index (κ1) is 20.3. The highest BCUT2D eigenvalue weighted by Crippen LogP contribution is 2.23. The van der Waals surface area contributed by atoms with Crippen molar-refractivity contribution in [3.63, 3.8) is 0 Å². The van der Waals surface area contributed by atoms with Gasteiger partial charge >= 0.3 is 0 Å². The molecule has 4 rings (SSSR count). The Morgan fingerprint density at radius 2 is 1.60 bits per heavy atom. The largest absolute Gasteiger partial charge is 0.336 e. The van der Waals surface area contributed by atoms with Gasteiger partial charge in [-0.25, -0.2) is 9.67 Å². The van der Waals surface area contributed by atoms with Gasteiger partial charge in [-0.15, -0.1) is 5.10 Å². The van der Waals surface area contributed by atoms with E-state index in [-0.39, 0.29) is 17.8 Å². The van der Waals surface area contributed by atoms with Crippen LogP contribution in [0.3, 0.4) is 0 Å². The zero-order chi connectivity index (χ0) is 21.1. The fourth-order valence-corrected chi connectivity index (χ4v) is 4.04. The molecule has 30 heavy (non-hydrogen) atoms. The third-order valence-electron chi connectivity index (χ3n) is 5.93. The minimum Gasteiger partial charge on any atom is -0.336 e. The average molecular weight is 404 g/mol. The summed E-state index contributed by atoms with van der Waals surface area (Å²) in [6.07, 6.45) is 1.96. The van der Waals surface area contributed by atoms with Gasteiger partial charge in [-0.1, -0.05) is 48.5 Å². The first-order valence-electron chi connectivity index (χ1n) is 10.6. The van der Waals surface area contributed by atoms with Crippen LogP contribution in [0.5, 0.6) is 0 Å². The summed E-state index contributed by atoms with van der Waals surface area (Å²) in [5.41, 5.74) is 1.82. The number of nitrogens with zero attached hydrogens (tertiary/aromatic N) is 5. The summed E-state index contributed by atoms with van der Waals surface area (Å²) in [5.74, 6) is 0.796. The van der Waals surface area contributed by atoms with E-state index < -0.39 is 0 Å². The Morgan fingerprint density at radius 3 is 2.20 bits per heavy atom. The van der Waals surface area contributed by atoms with Crippen molar-refractivity contribution in [2.45, 2.75) is 38.8 Å². The summed E-state index contributed by atoms with van der Waals surface area (Å²) in [4.78, 5) is 22.2. The van der Waals surface area contributed by atoms with E-state index in [0.29, 0.717) is 11.9 Å². The highest BCUT2D eigenvalue weighted by molar-refractivity contribution is 5.91. The molecule has 6 heteroatoms. The molecular formula is C24H29N5O. The van der Waals surface area contributed by atoms with E-state index in [1.165, 1.54) is 0 Å². The molecule has 1 saturated heterocycles. The number of carbonyl (C=O) groups is 1. The van der Waals surface area contributed by atoms with Crippen molar-refractivity contribution in [3.05, 3.63) is 66.5 Å². The average Bonchev–Trinajstić information content (AvgIpc) is 3.25. The third kappa shape index (κ3) is 4.14. The van der Waals surface area contributed by atoms with Crippen molar-refractivity contribution >= 4 is 5.91 Å².